The molecule has 0 fully saturated rings. The monoisotopic (exact) mass is 342 g/mol. The third-order valence-corrected chi connectivity index (χ3v) is 4.77. The molecule has 0 radical (unpaired) electrons. The summed E-state index contributed by atoms with van der Waals surface area (Å²) in [7, 11) is -2.11. The Morgan fingerprint density at radius 2 is 1.78 bits per heavy atom. The van der Waals surface area contributed by atoms with Crippen molar-refractivity contribution in [3.63, 3.8) is 0 Å². The number of carboxylic acids is 1. The van der Waals surface area contributed by atoms with Gasteiger partial charge in [-0.05, 0) is 44.5 Å². The Kier molecular flexibility index (Phi) is 7.18. The van der Waals surface area contributed by atoms with Gasteiger partial charge in [0, 0.05) is 18.9 Å². The Hall–Kier alpha value is -1.93. The van der Waals surface area contributed by atoms with Crippen LogP contribution in [0.4, 0.5) is 0 Å². The lowest BCUT2D eigenvalue weighted by Gasteiger charge is -2.12. The highest BCUT2D eigenvalue weighted by Crippen LogP contribution is 2.11. The van der Waals surface area contributed by atoms with Crippen molar-refractivity contribution in [3.8, 4) is 0 Å². The van der Waals surface area contributed by atoms with E-state index >= 15 is 0 Å². The van der Waals surface area contributed by atoms with Crippen molar-refractivity contribution in [2.45, 2.75) is 43.5 Å². The van der Waals surface area contributed by atoms with Gasteiger partial charge in [-0.25, -0.2) is 13.1 Å². The number of carbonyl (C=O) groups excluding carboxylic acids is 1. The Labute approximate surface area is 136 Å². The predicted molar refractivity (Wildman–Crippen MR) is 85.5 cm³/mol. The highest BCUT2D eigenvalue weighted by molar-refractivity contribution is 7.89. The van der Waals surface area contributed by atoms with Crippen LogP contribution < -0.4 is 10.0 Å². The van der Waals surface area contributed by atoms with Crippen molar-refractivity contribution in [2.24, 2.45) is 0 Å². The second kappa shape index (κ2) is 8.64. The number of aryl methyl sites for hydroxylation is 1. The molecule has 0 bridgehead atoms. The fourth-order valence-corrected chi connectivity index (χ4v) is 2.70. The van der Waals surface area contributed by atoms with Crippen LogP contribution in [-0.4, -0.2) is 38.5 Å². The molecule has 23 heavy (non-hydrogen) atoms. The van der Waals surface area contributed by atoms with Crippen LogP contribution in [0.25, 0.3) is 0 Å². The summed E-state index contributed by atoms with van der Waals surface area (Å²) in [6.45, 7) is 1.76. The van der Waals surface area contributed by atoms with Crippen LogP contribution in [0.5, 0.6) is 0 Å². The van der Waals surface area contributed by atoms with E-state index in [0.29, 0.717) is 12.8 Å². The molecule has 7 nitrogen and oxygen atoms in total. The van der Waals surface area contributed by atoms with Crippen LogP contribution in [0.1, 0.15) is 31.7 Å². The first-order valence-electron chi connectivity index (χ1n) is 7.28. The van der Waals surface area contributed by atoms with Gasteiger partial charge in [0.2, 0.25) is 15.9 Å². The van der Waals surface area contributed by atoms with Crippen LogP contribution in [-0.2, 0) is 26.0 Å². The molecule has 128 valence electrons. The number of hydrogen-bond donors (Lipinski definition) is 3. The number of sulfonamides is 1. The van der Waals surface area contributed by atoms with E-state index in [4.69, 9.17) is 5.11 Å². The molecule has 1 atom stereocenters. The molecule has 0 aliphatic rings. The molecule has 0 saturated heterocycles. The van der Waals surface area contributed by atoms with Gasteiger partial charge in [-0.15, -0.1) is 0 Å². The highest BCUT2D eigenvalue weighted by Gasteiger charge is 2.12. The maximum absolute atomic E-state index is 11.8. The minimum absolute atomic E-state index is 0.0167. The minimum Gasteiger partial charge on any atom is -0.481 e. The Morgan fingerprint density at radius 1 is 1.17 bits per heavy atom. The zero-order valence-corrected chi connectivity index (χ0v) is 14.0. The summed E-state index contributed by atoms with van der Waals surface area (Å²) < 4.78 is 25.4. The standard InChI is InChI=1S/C15H22N2O5S/c1-11(3-10-15(19)20)17-14(18)9-6-12-4-7-13(8-5-12)23(21,22)16-2/h4-5,7-8,11,16H,3,6,9-10H2,1-2H3,(H,17,18)(H,19,20). The molecule has 0 heterocycles. The molecule has 0 spiro atoms. The molecule has 0 saturated carbocycles. The minimum atomic E-state index is -3.45. The average Bonchev–Trinajstić information content (AvgIpc) is 2.51. The first-order valence-corrected chi connectivity index (χ1v) is 8.76. The molecule has 1 aromatic rings. The van der Waals surface area contributed by atoms with Crippen LogP contribution in [0.2, 0.25) is 0 Å². The summed E-state index contributed by atoms with van der Waals surface area (Å²) in [5.41, 5.74) is 0.855. The molecule has 1 rings (SSSR count). The molecule has 3 N–H and O–H groups in total. The van der Waals surface area contributed by atoms with Crippen LogP contribution >= 0.6 is 0 Å². The predicted octanol–water partition coefficient (Wildman–Crippen LogP) is 0.897. The molecular weight excluding hydrogens is 320 g/mol. The van der Waals surface area contributed by atoms with Gasteiger partial charge in [-0.3, -0.25) is 9.59 Å². The third kappa shape index (κ3) is 6.79. The maximum atomic E-state index is 11.8. The summed E-state index contributed by atoms with van der Waals surface area (Å²) in [5, 5.41) is 11.3. The topological polar surface area (TPSA) is 113 Å². The number of amides is 1. The summed E-state index contributed by atoms with van der Waals surface area (Å²) in [4.78, 5) is 22.4. The number of rotatable bonds is 9. The smallest absolute Gasteiger partial charge is 0.303 e. The van der Waals surface area contributed by atoms with Crippen molar-refractivity contribution >= 4 is 21.9 Å². The van der Waals surface area contributed by atoms with E-state index in [9.17, 15) is 18.0 Å². The SMILES string of the molecule is CNS(=O)(=O)c1ccc(CCC(=O)NC(C)CCC(=O)O)cc1. The second-order valence-electron chi connectivity index (χ2n) is 5.25. The highest BCUT2D eigenvalue weighted by atomic mass is 32.2. The largest absolute Gasteiger partial charge is 0.481 e. The second-order valence-corrected chi connectivity index (χ2v) is 7.14. The van der Waals surface area contributed by atoms with E-state index in [0.717, 1.165) is 5.56 Å². The van der Waals surface area contributed by atoms with Gasteiger partial charge in [0.15, 0.2) is 0 Å². The number of benzene rings is 1. The summed E-state index contributed by atoms with van der Waals surface area (Å²) in [5.74, 6) is -1.04. The van der Waals surface area contributed by atoms with Gasteiger partial charge >= 0.3 is 5.97 Å². The van der Waals surface area contributed by atoms with Crippen molar-refractivity contribution in [3.05, 3.63) is 29.8 Å². The first-order chi connectivity index (χ1) is 10.7. The maximum Gasteiger partial charge on any atom is 0.303 e. The molecule has 8 heteroatoms. The van der Waals surface area contributed by atoms with Gasteiger partial charge in [0.1, 0.15) is 0 Å². The van der Waals surface area contributed by atoms with E-state index < -0.39 is 16.0 Å². The molecule has 0 aliphatic carbocycles. The number of carbonyl (C=O) groups is 2. The van der Waals surface area contributed by atoms with Gasteiger partial charge in [-0.1, -0.05) is 12.1 Å². The van der Waals surface area contributed by atoms with E-state index in [-0.39, 0.29) is 29.7 Å². The molecule has 0 aromatic heterocycles. The van der Waals surface area contributed by atoms with Gasteiger partial charge < -0.3 is 10.4 Å². The summed E-state index contributed by atoms with van der Waals surface area (Å²) in [6.07, 6.45) is 1.15. The molecular formula is C15H22N2O5S. The summed E-state index contributed by atoms with van der Waals surface area (Å²) >= 11 is 0. The number of nitrogens with one attached hydrogen (secondary N) is 2. The van der Waals surface area contributed by atoms with Gasteiger partial charge in [0.25, 0.3) is 0 Å². The first kappa shape index (κ1) is 19.1. The fourth-order valence-electron chi connectivity index (χ4n) is 1.97. The van der Waals surface area contributed by atoms with Crippen molar-refractivity contribution in [1.82, 2.24) is 10.0 Å². The lowest BCUT2D eigenvalue weighted by Crippen LogP contribution is -2.33. The fraction of sp³-hybridized carbons (Fsp3) is 0.467. The Morgan fingerprint density at radius 3 is 2.30 bits per heavy atom. The van der Waals surface area contributed by atoms with Gasteiger partial charge in [-0.2, -0.15) is 0 Å². The number of carboxylic acid groups (broad SMARTS) is 1. The Bertz CT molecular complexity index is 640. The molecule has 1 aromatic carbocycles. The third-order valence-electron chi connectivity index (χ3n) is 3.34. The zero-order chi connectivity index (χ0) is 17.5. The normalized spacial score (nSPS) is 12.6. The molecule has 1 unspecified atom stereocenters. The van der Waals surface area contributed by atoms with E-state index in [1.807, 2.05) is 0 Å². The van der Waals surface area contributed by atoms with Crippen LogP contribution in [0.3, 0.4) is 0 Å². The number of aliphatic carboxylic acids is 1. The lowest BCUT2D eigenvalue weighted by atomic mass is 10.1. The van der Waals surface area contributed by atoms with E-state index in [1.165, 1.54) is 19.2 Å². The lowest BCUT2D eigenvalue weighted by molar-refractivity contribution is -0.137. The molecule has 0 aliphatic heterocycles. The Balaban J connectivity index is 2.46. The van der Waals surface area contributed by atoms with Crippen molar-refractivity contribution in [1.29, 1.82) is 0 Å². The van der Waals surface area contributed by atoms with E-state index in [1.54, 1.807) is 19.1 Å². The number of hydrogen-bond acceptors (Lipinski definition) is 4. The quantitative estimate of drug-likeness (QED) is 0.617. The summed E-state index contributed by atoms with van der Waals surface area (Å²) in [6, 6.07) is 6.14. The van der Waals surface area contributed by atoms with Crippen LogP contribution in [0, 0.1) is 0 Å². The van der Waals surface area contributed by atoms with Gasteiger partial charge in [0.05, 0.1) is 4.90 Å². The van der Waals surface area contributed by atoms with E-state index in [2.05, 4.69) is 10.0 Å². The zero-order valence-electron chi connectivity index (χ0n) is 13.2. The molecule has 1 amide bonds. The van der Waals surface area contributed by atoms with Crippen molar-refractivity contribution in [2.75, 3.05) is 7.05 Å². The average molecular weight is 342 g/mol. The van der Waals surface area contributed by atoms with Crippen LogP contribution in [0.15, 0.2) is 29.2 Å². The van der Waals surface area contributed by atoms with Crippen molar-refractivity contribution < 1.29 is 23.1 Å².